The third-order valence-corrected chi connectivity index (χ3v) is 22.9. The summed E-state index contributed by atoms with van der Waals surface area (Å²) >= 11 is 1.98. The van der Waals surface area contributed by atoms with Crippen LogP contribution in [0.2, 0.25) is 0 Å². The summed E-state index contributed by atoms with van der Waals surface area (Å²) in [5.41, 5.74) is 21.8. The van der Waals surface area contributed by atoms with Gasteiger partial charge in [-0.1, -0.05) is 93.6 Å². The number of hydrogen-bond acceptors (Lipinski definition) is 2. The van der Waals surface area contributed by atoms with Gasteiger partial charge in [0.1, 0.15) is 0 Å². The molecule has 368 valence electrons. The molecule has 0 spiro atoms. The number of thiophene rings is 1. The van der Waals surface area contributed by atoms with Gasteiger partial charge in [-0.3, -0.25) is 0 Å². The Kier molecular flexibility index (Phi) is 8.43. The molecule has 10 aliphatic rings. The lowest BCUT2D eigenvalue weighted by atomic mass is 9.44. The van der Waals surface area contributed by atoms with E-state index in [1.165, 1.54) is 191 Å². The van der Waals surface area contributed by atoms with Crippen molar-refractivity contribution in [2.24, 2.45) is 35.5 Å². The van der Waals surface area contributed by atoms with Crippen LogP contribution in [-0.2, 0) is 16.2 Å². The fraction of sp³-hybridized carbons (Fsp3) is 0.352. The lowest BCUT2D eigenvalue weighted by molar-refractivity contribution is -0.00527. The van der Waals surface area contributed by atoms with Crippen LogP contribution in [0.25, 0.3) is 75.0 Å². The Morgan fingerprint density at radius 2 is 1.11 bits per heavy atom. The van der Waals surface area contributed by atoms with Crippen LogP contribution in [0, 0.1) is 42.4 Å². The van der Waals surface area contributed by atoms with Gasteiger partial charge in [-0.15, -0.1) is 11.3 Å². The number of anilines is 3. The number of rotatable bonds is 4. The predicted molar refractivity (Wildman–Crippen MR) is 319 cm³/mol. The van der Waals surface area contributed by atoms with Crippen LogP contribution < -0.4 is 15.8 Å². The van der Waals surface area contributed by atoms with Gasteiger partial charge in [0, 0.05) is 64.5 Å². The van der Waals surface area contributed by atoms with Gasteiger partial charge in [-0.05, 0) is 258 Å². The molecular weight excluding hydrogens is 924 g/mol. The molecule has 20 rings (SSSR count). The summed E-state index contributed by atoms with van der Waals surface area (Å²) in [6.07, 6.45) is 17.2. The van der Waals surface area contributed by atoms with E-state index in [1.54, 1.807) is 11.1 Å². The predicted octanol–water partition coefficient (Wildman–Crippen LogP) is 17.9. The molecule has 75 heavy (non-hydrogen) atoms. The molecular formula is C71H65BN2S. The molecule has 4 heteroatoms. The Morgan fingerprint density at radius 1 is 0.493 bits per heavy atom. The summed E-state index contributed by atoms with van der Waals surface area (Å²) in [4.78, 5) is 2.73. The minimum absolute atomic E-state index is 0.00544. The average molecular weight is 989 g/mol. The van der Waals surface area contributed by atoms with Crippen molar-refractivity contribution in [1.29, 1.82) is 0 Å². The van der Waals surface area contributed by atoms with E-state index in [0.29, 0.717) is 5.41 Å². The largest absolute Gasteiger partial charge is 0.375 e. The fourth-order valence-corrected chi connectivity index (χ4v) is 20.6. The number of fused-ring (bicyclic) bond motifs is 11. The van der Waals surface area contributed by atoms with Gasteiger partial charge in [0.2, 0.25) is 0 Å². The molecule has 4 heterocycles. The van der Waals surface area contributed by atoms with Gasteiger partial charge in [0.15, 0.2) is 0 Å². The highest BCUT2D eigenvalue weighted by atomic mass is 32.1. The van der Waals surface area contributed by atoms with Gasteiger partial charge in [0.25, 0.3) is 0 Å². The summed E-state index contributed by atoms with van der Waals surface area (Å²) in [5, 5.41) is 8.37. The Labute approximate surface area is 446 Å². The van der Waals surface area contributed by atoms with E-state index in [-0.39, 0.29) is 17.7 Å². The molecule has 0 amide bonds. The van der Waals surface area contributed by atoms with Crippen LogP contribution in [0.4, 0.5) is 17.1 Å². The number of nitrogens with zero attached hydrogens (tertiary/aromatic N) is 2. The molecule has 0 radical (unpaired) electrons. The maximum atomic E-state index is 2.90. The zero-order chi connectivity index (χ0) is 49.4. The molecule has 10 aromatic rings. The first-order valence-corrected chi connectivity index (χ1v) is 30.0. The van der Waals surface area contributed by atoms with Crippen molar-refractivity contribution in [2.75, 3.05) is 4.90 Å². The van der Waals surface area contributed by atoms with Crippen LogP contribution in [-0.4, -0.2) is 11.3 Å². The van der Waals surface area contributed by atoms with Gasteiger partial charge < -0.3 is 9.38 Å². The molecule has 8 saturated carbocycles. The first-order valence-electron chi connectivity index (χ1n) is 29.2. The number of hydrogen-bond donors (Lipinski definition) is 0. The van der Waals surface area contributed by atoms with Crippen LogP contribution in [0.15, 0.2) is 140 Å². The van der Waals surface area contributed by atoms with E-state index in [1.807, 2.05) is 11.3 Å². The monoisotopic (exact) mass is 988 g/mol. The molecule has 0 saturated heterocycles. The quantitative estimate of drug-likeness (QED) is 0.160. The zero-order valence-corrected chi connectivity index (χ0v) is 44.9. The lowest BCUT2D eigenvalue weighted by Gasteiger charge is -2.57. The normalized spacial score (nSPS) is 27.7. The Bertz CT molecular complexity index is 4090. The molecule has 8 aromatic carbocycles. The summed E-state index contributed by atoms with van der Waals surface area (Å²) in [7, 11) is 0. The molecule has 2 aliphatic heterocycles. The van der Waals surface area contributed by atoms with E-state index >= 15 is 0 Å². The smallest absolute Gasteiger partial charge is 0.333 e. The zero-order valence-electron chi connectivity index (χ0n) is 44.1. The van der Waals surface area contributed by atoms with E-state index in [4.69, 9.17) is 0 Å². The summed E-state index contributed by atoms with van der Waals surface area (Å²) in [5.74, 6) is 5.42. The van der Waals surface area contributed by atoms with E-state index in [9.17, 15) is 0 Å². The highest BCUT2D eigenvalue weighted by Gasteiger charge is 2.54. The molecule has 0 atom stereocenters. The minimum atomic E-state index is -0.00544. The Balaban J connectivity index is 0.956. The third-order valence-electron chi connectivity index (χ3n) is 21.8. The third kappa shape index (κ3) is 5.94. The molecule has 8 bridgehead atoms. The number of benzene rings is 8. The minimum Gasteiger partial charge on any atom is -0.375 e. The maximum absolute atomic E-state index is 2.90. The first kappa shape index (κ1) is 43.1. The van der Waals surface area contributed by atoms with Crippen molar-refractivity contribution >= 4 is 98.9 Å². The van der Waals surface area contributed by atoms with Crippen molar-refractivity contribution in [1.82, 2.24) is 4.48 Å². The van der Waals surface area contributed by atoms with Gasteiger partial charge >= 0.3 is 6.85 Å². The van der Waals surface area contributed by atoms with E-state index < -0.39 is 0 Å². The molecule has 2 aromatic heterocycles. The number of aromatic nitrogens is 1. The van der Waals surface area contributed by atoms with Crippen molar-refractivity contribution in [3.05, 3.63) is 162 Å². The SMILES string of the molecule is Cc1cc2c3c(c1)N(c1ccc(C(C)(C)C)cc1-c1ccccc1)c1cc4c(cc1B3n1c3ccc(C56CC7CC(CC(C7)C5)C6)cc3c3cc(C56CC7CC(CC(C7)C5)C6)cc-2c31)sc1cc2ccccc2cc14. The standard InChI is InChI=1S/C71H65BN2S/c1-40-18-57-59-31-52(71-37-44-23-45(38-71)25-46(24-44)39-71)30-58-54-29-51(70-34-41-20-42(35-70)22-43(21-41)36-70)15-17-62(54)74(68(58)59)72-60-33-66-56(55-26-48-12-8-9-13-49(48)27-65(55)75-66)32-63(60)73(64(19-40)67(57)72)61-16-14-50(69(2,3)4)28-53(61)47-10-6-5-7-11-47/h5-19,26-33,41-46H,20-25,34-39H2,1-4H3. The summed E-state index contributed by atoms with van der Waals surface area (Å²) in [6, 6.07) is 56.7. The lowest BCUT2D eigenvalue weighted by Crippen LogP contribution is -2.56. The van der Waals surface area contributed by atoms with E-state index in [0.717, 1.165) is 35.5 Å². The second kappa shape index (κ2) is 14.7. The second-order valence-corrected chi connectivity index (χ2v) is 28.5. The Morgan fingerprint density at radius 3 is 1.79 bits per heavy atom. The second-order valence-electron chi connectivity index (χ2n) is 27.5. The molecule has 8 fully saturated rings. The topological polar surface area (TPSA) is 8.17 Å². The van der Waals surface area contributed by atoms with Crippen molar-refractivity contribution in [3.8, 4) is 22.3 Å². The van der Waals surface area contributed by atoms with Gasteiger partial charge in [-0.2, -0.15) is 0 Å². The average Bonchev–Trinajstić information content (AvgIpc) is 3.92. The molecule has 2 nitrogen and oxygen atoms in total. The molecule has 0 N–H and O–H groups in total. The Hall–Kier alpha value is -6.10. The fourth-order valence-electron chi connectivity index (χ4n) is 19.5. The first-order chi connectivity index (χ1) is 36.5. The molecule has 8 aliphatic carbocycles. The van der Waals surface area contributed by atoms with Gasteiger partial charge in [0.05, 0.1) is 5.69 Å². The van der Waals surface area contributed by atoms with Gasteiger partial charge in [-0.25, -0.2) is 0 Å². The van der Waals surface area contributed by atoms with Crippen LogP contribution in [0.1, 0.15) is 120 Å². The van der Waals surface area contributed by atoms with Crippen LogP contribution >= 0.6 is 11.3 Å². The number of aryl methyl sites for hydroxylation is 1. The summed E-state index contributed by atoms with van der Waals surface area (Å²) < 4.78 is 5.64. The van der Waals surface area contributed by atoms with E-state index in [2.05, 4.69) is 177 Å². The van der Waals surface area contributed by atoms with Crippen molar-refractivity contribution < 1.29 is 0 Å². The van der Waals surface area contributed by atoms with Crippen molar-refractivity contribution in [2.45, 2.75) is 121 Å². The highest BCUT2D eigenvalue weighted by molar-refractivity contribution is 7.26. The maximum Gasteiger partial charge on any atom is 0.333 e. The van der Waals surface area contributed by atoms with Crippen LogP contribution in [0.3, 0.4) is 0 Å². The van der Waals surface area contributed by atoms with Crippen molar-refractivity contribution in [3.63, 3.8) is 0 Å². The summed E-state index contributed by atoms with van der Waals surface area (Å²) in [6.45, 7) is 9.47. The molecule has 0 unspecified atom stereocenters. The highest BCUT2D eigenvalue weighted by Crippen LogP contribution is 2.64. The van der Waals surface area contributed by atoms with Crippen LogP contribution in [0.5, 0.6) is 0 Å².